The van der Waals surface area contributed by atoms with E-state index >= 15 is 0 Å². The van der Waals surface area contributed by atoms with Crippen LogP contribution in [0.2, 0.25) is 5.02 Å². The topological polar surface area (TPSA) is 18.5 Å². The molecule has 0 amide bonds. The molecule has 1 aliphatic heterocycles. The SMILES string of the molecule is COc1ccc(-c2ccc3c(c2Cl)-c2ccc(C)cc2OC3)cc1. The lowest BCUT2D eigenvalue weighted by atomic mass is 9.92. The van der Waals surface area contributed by atoms with E-state index in [-0.39, 0.29) is 0 Å². The van der Waals surface area contributed by atoms with Gasteiger partial charge in [0, 0.05) is 16.7 Å². The molecule has 4 rings (SSSR count). The molecule has 1 aliphatic rings. The summed E-state index contributed by atoms with van der Waals surface area (Å²) < 4.78 is 11.1. The lowest BCUT2D eigenvalue weighted by Crippen LogP contribution is -2.06. The second-order valence-electron chi connectivity index (χ2n) is 5.98. The normalized spacial score (nSPS) is 12.1. The number of hydrogen-bond acceptors (Lipinski definition) is 2. The van der Waals surface area contributed by atoms with Gasteiger partial charge < -0.3 is 9.47 Å². The highest BCUT2D eigenvalue weighted by Crippen LogP contribution is 2.45. The molecule has 0 atom stereocenters. The smallest absolute Gasteiger partial charge is 0.127 e. The molecule has 0 bridgehead atoms. The molecule has 0 unspecified atom stereocenters. The van der Waals surface area contributed by atoms with Crippen molar-refractivity contribution in [2.24, 2.45) is 0 Å². The molecule has 3 aromatic rings. The Morgan fingerprint density at radius 1 is 0.958 bits per heavy atom. The molecule has 0 saturated heterocycles. The molecule has 120 valence electrons. The number of rotatable bonds is 2. The fourth-order valence-electron chi connectivity index (χ4n) is 3.13. The predicted molar refractivity (Wildman–Crippen MR) is 97.9 cm³/mol. The molecular weight excluding hydrogens is 320 g/mol. The summed E-state index contributed by atoms with van der Waals surface area (Å²) in [7, 11) is 1.67. The van der Waals surface area contributed by atoms with Gasteiger partial charge in [-0.15, -0.1) is 0 Å². The van der Waals surface area contributed by atoms with Crippen LogP contribution in [0.4, 0.5) is 0 Å². The maximum absolute atomic E-state index is 6.82. The zero-order valence-corrected chi connectivity index (χ0v) is 14.4. The van der Waals surface area contributed by atoms with E-state index in [1.165, 1.54) is 5.56 Å². The Labute approximate surface area is 146 Å². The minimum Gasteiger partial charge on any atom is -0.497 e. The summed E-state index contributed by atoms with van der Waals surface area (Å²) in [5.41, 5.74) is 6.52. The molecule has 0 aliphatic carbocycles. The summed E-state index contributed by atoms with van der Waals surface area (Å²) in [5, 5.41) is 0.770. The Morgan fingerprint density at radius 3 is 2.46 bits per heavy atom. The first-order valence-electron chi connectivity index (χ1n) is 7.87. The van der Waals surface area contributed by atoms with Crippen molar-refractivity contribution < 1.29 is 9.47 Å². The summed E-state index contributed by atoms with van der Waals surface area (Å²) in [6, 6.07) is 18.4. The number of hydrogen-bond donors (Lipinski definition) is 0. The first kappa shape index (κ1) is 15.1. The van der Waals surface area contributed by atoms with Crippen LogP contribution in [0, 0.1) is 6.92 Å². The van der Waals surface area contributed by atoms with Crippen molar-refractivity contribution in [1.29, 1.82) is 0 Å². The van der Waals surface area contributed by atoms with Crippen molar-refractivity contribution in [3.05, 3.63) is 70.7 Å². The van der Waals surface area contributed by atoms with Crippen molar-refractivity contribution >= 4 is 11.6 Å². The fraction of sp³-hybridized carbons (Fsp3) is 0.143. The van der Waals surface area contributed by atoms with Crippen LogP contribution in [0.3, 0.4) is 0 Å². The lowest BCUT2D eigenvalue weighted by molar-refractivity contribution is 0.302. The molecule has 0 fully saturated rings. The van der Waals surface area contributed by atoms with E-state index in [4.69, 9.17) is 21.1 Å². The van der Waals surface area contributed by atoms with Gasteiger partial charge in [0.25, 0.3) is 0 Å². The number of aryl methyl sites for hydroxylation is 1. The first-order valence-corrected chi connectivity index (χ1v) is 8.25. The Kier molecular flexibility index (Phi) is 3.70. The minimum absolute atomic E-state index is 0.550. The van der Waals surface area contributed by atoms with Crippen LogP contribution in [0.15, 0.2) is 54.6 Å². The third-order valence-corrected chi connectivity index (χ3v) is 4.81. The van der Waals surface area contributed by atoms with Crippen molar-refractivity contribution in [2.75, 3.05) is 7.11 Å². The van der Waals surface area contributed by atoms with Crippen molar-refractivity contribution in [2.45, 2.75) is 13.5 Å². The van der Waals surface area contributed by atoms with E-state index in [1.807, 2.05) is 24.3 Å². The van der Waals surface area contributed by atoms with Gasteiger partial charge in [-0.1, -0.05) is 48.0 Å². The number of halogens is 1. The van der Waals surface area contributed by atoms with Gasteiger partial charge in [0.1, 0.15) is 18.1 Å². The van der Waals surface area contributed by atoms with Crippen LogP contribution in [0.5, 0.6) is 11.5 Å². The zero-order valence-electron chi connectivity index (χ0n) is 13.6. The highest BCUT2D eigenvalue weighted by atomic mass is 35.5. The summed E-state index contributed by atoms with van der Waals surface area (Å²) in [5.74, 6) is 1.73. The molecule has 0 radical (unpaired) electrons. The molecule has 2 nitrogen and oxygen atoms in total. The molecule has 0 saturated carbocycles. The van der Waals surface area contributed by atoms with Gasteiger partial charge in [0.05, 0.1) is 12.1 Å². The van der Waals surface area contributed by atoms with Gasteiger partial charge >= 0.3 is 0 Å². The van der Waals surface area contributed by atoms with Crippen LogP contribution >= 0.6 is 11.6 Å². The van der Waals surface area contributed by atoms with Gasteiger partial charge in [0.15, 0.2) is 0 Å². The third kappa shape index (κ3) is 2.44. The molecule has 0 aromatic heterocycles. The average Bonchev–Trinajstić information content (AvgIpc) is 2.61. The molecule has 0 spiro atoms. The lowest BCUT2D eigenvalue weighted by Gasteiger charge is -2.23. The summed E-state index contributed by atoms with van der Waals surface area (Å²) in [6.07, 6.45) is 0. The van der Waals surface area contributed by atoms with Crippen molar-refractivity contribution in [1.82, 2.24) is 0 Å². The van der Waals surface area contributed by atoms with Gasteiger partial charge in [0.2, 0.25) is 0 Å². The number of fused-ring (bicyclic) bond motifs is 3. The van der Waals surface area contributed by atoms with E-state index in [0.717, 1.165) is 44.3 Å². The van der Waals surface area contributed by atoms with Crippen LogP contribution in [-0.4, -0.2) is 7.11 Å². The van der Waals surface area contributed by atoms with Crippen LogP contribution in [-0.2, 0) is 6.61 Å². The van der Waals surface area contributed by atoms with Crippen molar-refractivity contribution in [3.8, 4) is 33.8 Å². The number of benzene rings is 3. The van der Waals surface area contributed by atoms with Crippen LogP contribution in [0.25, 0.3) is 22.3 Å². The average molecular weight is 337 g/mol. The van der Waals surface area contributed by atoms with Crippen LogP contribution < -0.4 is 9.47 Å². The second kappa shape index (κ2) is 5.88. The quantitative estimate of drug-likeness (QED) is 0.581. The van der Waals surface area contributed by atoms with E-state index in [0.29, 0.717) is 6.61 Å². The summed E-state index contributed by atoms with van der Waals surface area (Å²) >= 11 is 6.82. The molecule has 0 N–H and O–H groups in total. The maximum Gasteiger partial charge on any atom is 0.127 e. The fourth-order valence-corrected chi connectivity index (χ4v) is 3.53. The monoisotopic (exact) mass is 336 g/mol. The maximum atomic E-state index is 6.82. The Hall–Kier alpha value is -2.45. The Bertz CT molecular complexity index is 914. The van der Waals surface area contributed by atoms with Crippen LogP contribution in [0.1, 0.15) is 11.1 Å². The predicted octanol–water partition coefficient (Wildman–Crippen LogP) is 5.88. The van der Waals surface area contributed by atoms with E-state index < -0.39 is 0 Å². The highest BCUT2D eigenvalue weighted by molar-refractivity contribution is 6.36. The third-order valence-electron chi connectivity index (χ3n) is 4.42. The van der Waals surface area contributed by atoms with E-state index in [2.05, 4.69) is 37.3 Å². The molecular formula is C21H17ClO2. The summed E-state index contributed by atoms with van der Waals surface area (Å²) in [6.45, 7) is 2.61. The van der Waals surface area contributed by atoms with E-state index in [1.54, 1.807) is 7.11 Å². The Morgan fingerprint density at radius 2 is 1.71 bits per heavy atom. The van der Waals surface area contributed by atoms with Gasteiger partial charge in [-0.2, -0.15) is 0 Å². The second-order valence-corrected chi connectivity index (χ2v) is 6.36. The number of methoxy groups -OCH3 is 1. The van der Waals surface area contributed by atoms with Crippen molar-refractivity contribution in [3.63, 3.8) is 0 Å². The minimum atomic E-state index is 0.550. The molecule has 3 aromatic carbocycles. The Balaban J connectivity index is 1.88. The number of ether oxygens (including phenoxy) is 2. The first-order chi connectivity index (χ1) is 11.7. The highest BCUT2D eigenvalue weighted by Gasteiger charge is 2.22. The van der Waals surface area contributed by atoms with Gasteiger partial charge in [-0.05, 0) is 41.8 Å². The zero-order chi connectivity index (χ0) is 16.7. The largest absolute Gasteiger partial charge is 0.497 e. The molecule has 1 heterocycles. The standard InChI is InChI=1S/C21H17ClO2/c1-13-3-9-18-19(11-13)24-12-15-6-10-17(21(22)20(15)18)14-4-7-16(23-2)8-5-14/h3-11H,12H2,1-2H3. The van der Waals surface area contributed by atoms with Gasteiger partial charge in [-0.3, -0.25) is 0 Å². The van der Waals surface area contributed by atoms with E-state index in [9.17, 15) is 0 Å². The van der Waals surface area contributed by atoms with Gasteiger partial charge in [-0.25, -0.2) is 0 Å². The molecule has 3 heteroatoms. The molecule has 24 heavy (non-hydrogen) atoms. The summed E-state index contributed by atoms with van der Waals surface area (Å²) in [4.78, 5) is 0.